The van der Waals surface area contributed by atoms with Crippen LogP contribution in [0.2, 0.25) is 0 Å². The van der Waals surface area contributed by atoms with Crippen LogP contribution in [0, 0.1) is 23.7 Å². The molecule has 25 heavy (non-hydrogen) atoms. The molecule has 3 atom stereocenters. The van der Waals surface area contributed by atoms with E-state index < -0.39 is 0 Å². The molecule has 1 amide bonds. The summed E-state index contributed by atoms with van der Waals surface area (Å²) in [5.41, 5.74) is 3.39. The van der Waals surface area contributed by atoms with E-state index in [1.807, 2.05) is 12.3 Å². The van der Waals surface area contributed by atoms with Gasteiger partial charge < -0.3 is 10.3 Å². The average molecular weight is 340 g/mol. The highest BCUT2D eigenvalue weighted by atomic mass is 16.1. The van der Waals surface area contributed by atoms with Crippen molar-refractivity contribution in [2.75, 3.05) is 6.54 Å². The lowest BCUT2D eigenvalue weighted by Crippen LogP contribution is -2.36. The van der Waals surface area contributed by atoms with Crippen LogP contribution >= 0.6 is 0 Å². The normalized spacial score (nSPS) is 23.7. The number of H-pyrrole nitrogens is 1. The number of carbonyl (C=O) groups excluding carboxylic acids is 1. The highest BCUT2D eigenvalue weighted by molar-refractivity contribution is 5.73. The molecule has 3 rings (SSSR count). The number of pyridine rings is 1. The first-order chi connectivity index (χ1) is 11.9. The molecule has 2 N–H and O–H groups in total. The van der Waals surface area contributed by atoms with Crippen molar-refractivity contribution in [1.29, 1.82) is 0 Å². The van der Waals surface area contributed by atoms with E-state index in [9.17, 15) is 4.79 Å². The minimum absolute atomic E-state index is 0.0477. The van der Waals surface area contributed by atoms with Gasteiger partial charge in [0, 0.05) is 26.1 Å². The van der Waals surface area contributed by atoms with Crippen LogP contribution in [0.3, 0.4) is 0 Å². The van der Waals surface area contributed by atoms with Crippen LogP contribution in [-0.4, -0.2) is 27.4 Å². The molecule has 0 saturated heterocycles. The second kappa shape index (κ2) is 7.38. The second-order valence-electron chi connectivity index (χ2n) is 7.63. The summed E-state index contributed by atoms with van der Waals surface area (Å²) in [6.45, 7) is 9.10. The zero-order valence-electron chi connectivity index (χ0n) is 15.5. The minimum Gasteiger partial charge on any atom is -0.356 e. The van der Waals surface area contributed by atoms with Crippen LogP contribution < -0.4 is 5.32 Å². The summed E-state index contributed by atoms with van der Waals surface area (Å²) in [4.78, 5) is 23.5. The number of rotatable bonds is 5. The molecule has 0 fully saturated rings. The first kappa shape index (κ1) is 17.6. The summed E-state index contributed by atoms with van der Waals surface area (Å²) in [5.74, 6) is 3.15. The maximum Gasteiger partial charge on any atom is 0.216 e. The number of aromatic amines is 1. The predicted octanol–water partition coefficient (Wildman–Crippen LogP) is 3.49. The summed E-state index contributed by atoms with van der Waals surface area (Å²) < 4.78 is 0. The molecule has 2 heterocycles. The molecule has 1 aliphatic rings. The molecular formula is C20H28N4O. The zero-order chi connectivity index (χ0) is 18.0. The van der Waals surface area contributed by atoms with Crippen molar-refractivity contribution >= 4 is 16.9 Å². The van der Waals surface area contributed by atoms with Gasteiger partial charge in [-0.05, 0) is 43.1 Å². The van der Waals surface area contributed by atoms with Crippen LogP contribution in [0.1, 0.15) is 39.9 Å². The fourth-order valence-electron chi connectivity index (χ4n) is 4.01. The third-order valence-corrected chi connectivity index (χ3v) is 5.44. The molecule has 0 spiro atoms. The number of amides is 1. The van der Waals surface area contributed by atoms with Crippen molar-refractivity contribution < 1.29 is 4.79 Å². The molecule has 0 radical (unpaired) electrons. The van der Waals surface area contributed by atoms with Gasteiger partial charge in [0.25, 0.3) is 0 Å². The van der Waals surface area contributed by atoms with E-state index in [-0.39, 0.29) is 5.91 Å². The average Bonchev–Trinajstić information content (AvgIpc) is 2.96. The van der Waals surface area contributed by atoms with E-state index >= 15 is 0 Å². The quantitative estimate of drug-likeness (QED) is 0.819. The molecule has 5 nitrogen and oxygen atoms in total. The smallest absolute Gasteiger partial charge is 0.216 e. The molecule has 134 valence electrons. The van der Waals surface area contributed by atoms with Crippen LogP contribution in [-0.2, 0) is 11.2 Å². The number of nitrogens with zero attached hydrogens (tertiary/aromatic N) is 2. The predicted molar refractivity (Wildman–Crippen MR) is 100.0 cm³/mol. The lowest BCUT2D eigenvalue weighted by Gasteiger charge is -2.37. The lowest BCUT2D eigenvalue weighted by atomic mass is 9.70. The number of fused-ring (bicyclic) bond motifs is 1. The lowest BCUT2D eigenvalue weighted by molar-refractivity contribution is -0.119. The van der Waals surface area contributed by atoms with Gasteiger partial charge in [0.15, 0.2) is 0 Å². The maximum atomic E-state index is 11.3. The standard InChI is InChI=1S/C20H28N4O/c1-12(2)17-8-15(13(3)7-16(17)10-22-14(4)25)9-20-23-18-5-6-21-11-19(18)24-20/h5-7,11-12,15-17H,8-10H2,1-4H3,(H,22,25)(H,23,24). The van der Waals surface area contributed by atoms with Gasteiger partial charge in [-0.25, -0.2) is 4.98 Å². The Kier molecular flexibility index (Phi) is 5.21. The Morgan fingerprint density at radius 3 is 2.92 bits per heavy atom. The number of imidazole rings is 1. The summed E-state index contributed by atoms with van der Waals surface area (Å²) in [6.07, 6.45) is 8.04. The molecule has 3 unspecified atom stereocenters. The monoisotopic (exact) mass is 340 g/mol. The molecule has 0 bridgehead atoms. The Labute approximate surface area is 149 Å². The van der Waals surface area contributed by atoms with Crippen molar-refractivity contribution in [2.24, 2.45) is 23.7 Å². The first-order valence-electron chi connectivity index (χ1n) is 9.15. The minimum atomic E-state index is 0.0477. The van der Waals surface area contributed by atoms with Gasteiger partial charge >= 0.3 is 0 Å². The summed E-state index contributed by atoms with van der Waals surface area (Å²) in [5, 5.41) is 2.99. The fourth-order valence-corrected chi connectivity index (χ4v) is 4.01. The SMILES string of the molecule is CC(=O)NCC1C=C(C)C(Cc2nc3ccncc3[nH]2)CC1C(C)C. The van der Waals surface area contributed by atoms with Crippen LogP contribution in [0.5, 0.6) is 0 Å². The highest BCUT2D eigenvalue weighted by Crippen LogP contribution is 2.38. The number of nitrogens with one attached hydrogen (secondary N) is 2. The van der Waals surface area contributed by atoms with E-state index in [0.29, 0.717) is 23.7 Å². The van der Waals surface area contributed by atoms with Gasteiger partial charge in [-0.15, -0.1) is 0 Å². The fraction of sp³-hybridized carbons (Fsp3) is 0.550. The molecule has 0 aromatic carbocycles. The zero-order valence-corrected chi connectivity index (χ0v) is 15.5. The van der Waals surface area contributed by atoms with Crippen molar-refractivity contribution in [3.05, 3.63) is 35.9 Å². The van der Waals surface area contributed by atoms with Gasteiger partial charge in [0.05, 0.1) is 17.2 Å². The number of hydrogen-bond donors (Lipinski definition) is 2. The third kappa shape index (κ3) is 4.09. The molecule has 2 aromatic rings. The second-order valence-corrected chi connectivity index (χ2v) is 7.63. The van der Waals surface area contributed by atoms with E-state index in [0.717, 1.165) is 36.2 Å². The van der Waals surface area contributed by atoms with Gasteiger partial charge in [-0.1, -0.05) is 25.5 Å². The van der Waals surface area contributed by atoms with Gasteiger partial charge in [0.2, 0.25) is 5.91 Å². The maximum absolute atomic E-state index is 11.3. The summed E-state index contributed by atoms with van der Waals surface area (Å²) >= 11 is 0. The molecule has 1 aliphatic carbocycles. The van der Waals surface area contributed by atoms with Crippen LogP contribution in [0.4, 0.5) is 0 Å². The van der Waals surface area contributed by atoms with Gasteiger partial charge in [0.1, 0.15) is 5.82 Å². The molecule has 0 aliphatic heterocycles. The van der Waals surface area contributed by atoms with E-state index in [1.165, 1.54) is 5.57 Å². The van der Waals surface area contributed by atoms with Crippen LogP contribution in [0.25, 0.3) is 11.0 Å². The third-order valence-electron chi connectivity index (χ3n) is 5.44. The Hall–Kier alpha value is -2.17. The highest BCUT2D eigenvalue weighted by Gasteiger charge is 2.32. The van der Waals surface area contributed by atoms with E-state index in [4.69, 9.17) is 4.98 Å². The number of aromatic nitrogens is 3. The van der Waals surface area contributed by atoms with Gasteiger partial charge in [-0.2, -0.15) is 0 Å². The summed E-state index contributed by atoms with van der Waals surface area (Å²) in [6, 6.07) is 1.94. The molecule has 5 heteroatoms. The largest absolute Gasteiger partial charge is 0.356 e. The molecular weight excluding hydrogens is 312 g/mol. The molecule has 2 aromatic heterocycles. The van der Waals surface area contributed by atoms with Crippen molar-refractivity contribution in [1.82, 2.24) is 20.3 Å². The number of allylic oxidation sites excluding steroid dienone is 1. The number of hydrogen-bond acceptors (Lipinski definition) is 3. The Morgan fingerprint density at radius 1 is 1.44 bits per heavy atom. The van der Waals surface area contributed by atoms with Crippen molar-refractivity contribution in [3.8, 4) is 0 Å². The molecule has 0 saturated carbocycles. The van der Waals surface area contributed by atoms with Crippen LogP contribution in [0.15, 0.2) is 30.1 Å². The number of carbonyl (C=O) groups is 1. The Morgan fingerprint density at radius 2 is 2.24 bits per heavy atom. The van der Waals surface area contributed by atoms with E-state index in [1.54, 1.807) is 13.1 Å². The Balaban J connectivity index is 1.77. The summed E-state index contributed by atoms with van der Waals surface area (Å²) in [7, 11) is 0. The van der Waals surface area contributed by atoms with Crippen molar-refractivity contribution in [2.45, 2.75) is 40.5 Å². The Bertz CT molecular complexity index is 744. The topological polar surface area (TPSA) is 70.7 Å². The first-order valence-corrected chi connectivity index (χ1v) is 9.15. The van der Waals surface area contributed by atoms with Crippen molar-refractivity contribution in [3.63, 3.8) is 0 Å². The van der Waals surface area contributed by atoms with E-state index in [2.05, 4.69) is 42.1 Å². The van der Waals surface area contributed by atoms with Gasteiger partial charge in [-0.3, -0.25) is 9.78 Å².